The van der Waals surface area contributed by atoms with Crippen molar-refractivity contribution in [1.82, 2.24) is 9.88 Å². The van der Waals surface area contributed by atoms with Gasteiger partial charge in [0, 0.05) is 18.1 Å². The Hall–Kier alpha value is -2.15. The number of carbonyl (C=O) groups excluding carboxylic acids is 1. The molecule has 1 heterocycles. The molecule has 2 aromatic carbocycles. The number of carbonyl (C=O) groups is 1. The summed E-state index contributed by atoms with van der Waals surface area (Å²) in [6.07, 6.45) is 0. The van der Waals surface area contributed by atoms with Crippen LogP contribution < -0.4 is 9.64 Å². The Bertz CT molecular complexity index is 1040. The number of anilines is 1. The van der Waals surface area contributed by atoms with Crippen molar-refractivity contribution in [3.63, 3.8) is 0 Å². The number of aryl methyl sites for hydroxylation is 2. The molecule has 0 N–H and O–H groups in total. The average molecular weight is 446 g/mol. The molecule has 0 fully saturated rings. The molecule has 0 atom stereocenters. The highest BCUT2D eigenvalue weighted by molar-refractivity contribution is 7.22. The van der Waals surface area contributed by atoms with Crippen molar-refractivity contribution in [2.75, 3.05) is 32.1 Å². The number of hydrogen-bond acceptors (Lipinski definition) is 5. The number of nitrogens with zero attached hydrogens (tertiary/aromatic N) is 3. The van der Waals surface area contributed by atoms with Crippen molar-refractivity contribution >= 4 is 44.2 Å². The van der Waals surface area contributed by atoms with Gasteiger partial charge < -0.3 is 9.64 Å². The second-order valence-corrected chi connectivity index (χ2v) is 9.62. The zero-order chi connectivity index (χ0) is 22.1. The van der Waals surface area contributed by atoms with Gasteiger partial charge in [0.2, 0.25) is 0 Å². The summed E-state index contributed by atoms with van der Waals surface area (Å²) in [5.74, 6) is 0.466. The number of benzene rings is 2. The first-order valence-electron chi connectivity index (χ1n) is 9.86. The molecule has 1 amide bonds. The molecular formula is C23H28ClN3O2S. The van der Waals surface area contributed by atoms with E-state index in [1.165, 1.54) is 16.9 Å². The zero-order valence-corrected chi connectivity index (χ0v) is 19.9. The molecular weight excluding hydrogens is 418 g/mol. The Balaban J connectivity index is 1.95. The van der Waals surface area contributed by atoms with E-state index in [0.717, 1.165) is 22.3 Å². The predicted molar refractivity (Wildman–Crippen MR) is 126 cm³/mol. The molecule has 5 nitrogen and oxygen atoms in total. The van der Waals surface area contributed by atoms with Gasteiger partial charge in [-0.25, -0.2) is 4.98 Å². The van der Waals surface area contributed by atoms with Crippen LogP contribution >= 0.6 is 22.9 Å². The van der Waals surface area contributed by atoms with E-state index in [9.17, 15) is 4.79 Å². The first kappa shape index (κ1) is 22.5. The minimum absolute atomic E-state index is 0.132. The van der Waals surface area contributed by atoms with Crippen LogP contribution in [-0.4, -0.2) is 48.6 Å². The third kappa shape index (κ3) is 4.94. The van der Waals surface area contributed by atoms with E-state index in [-0.39, 0.29) is 5.91 Å². The summed E-state index contributed by atoms with van der Waals surface area (Å²) < 4.78 is 7.13. The fourth-order valence-corrected chi connectivity index (χ4v) is 4.26. The van der Waals surface area contributed by atoms with Crippen LogP contribution in [-0.2, 0) is 4.79 Å². The average Bonchev–Trinajstić information content (AvgIpc) is 3.11. The number of likely N-dealkylation sites (N-methyl/N-ethyl adjacent to an activating group) is 1. The molecule has 0 aliphatic carbocycles. The number of thiazole rings is 1. The first-order valence-corrected chi connectivity index (χ1v) is 11.1. The largest absolute Gasteiger partial charge is 0.478 e. The van der Waals surface area contributed by atoms with Crippen LogP contribution in [0.25, 0.3) is 10.2 Å². The summed E-state index contributed by atoms with van der Waals surface area (Å²) in [5, 5.41) is 1.32. The number of aromatic nitrogens is 1. The van der Waals surface area contributed by atoms with E-state index in [4.69, 9.17) is 21.3 Å². The Morgan fingerprint density at radius 1 is 1.10 bits per heavy atom. The molecule has 0 aliphatic heterocycles. The fraction of sp³-hybridized carbons (Fsp3) is 0.391. The normalized spacial score (nSPS) is 11.9. The van der Waals surface area contributed by atoms with Gasteiger partial charge >= 0.3 is 0 Å². The maximum Gasteiger partial charge on any atom is 0.272 e. The van der Waals surface area contributed by atoms with Gasteiger partial charge in [0.05, 0.1) is 10.2 Å². The molecule has 3 aromatic rings. The molecule has 1 aromatic heterocycles. The molecule has 0 bridgehead atoms. The highest BCUT2D eigenvalue weighted by Crippen LogP contribution is 2.33. The zero-order valence-electron chi connectivity index (χ0n) is 18.3. The Morgan fingerprint density at radius 2 is 1.77 bits per heavy atom. The van der Waals surface area contributed by atoms with E-state index in [2.05, 4.69) is 30.9 Å². The van der Waals surface area contributed by atoms with Crippen LogP contribution in [0.5, 0.6) is 5.75 Å². The van der Waals surface area contributed by atoms with Crippen LogP contribution in [0.2, 0.25) is 5.02 Å². The summed E-state index contributed by atoms with van der Waals surface area (Å²) in [7, 11) is 3.98. The highest BCUT2D eigenvalue weighted by atomic mass is 35.5. The molecule has 0 spiro atoms. The van der Waals surface area contributed by atoms with Gasteiger partial charge in [-0.3, -0.25) is 9.69 Å². The van der Waals surface area contributed by atoms with Crippen molar-refractivity contribution in [2.24, 2.45) is 0 Å². The number of ether oxygens (including phenoxy) is 1. The van der Waals surface area contributed by atoms with E-state index in [0.29, 0.717) is 22.4 Å². The standard InChI is InChI=1S/C23H28ClN3O2S/c1-15-7-12-19-20(16(15)2)25-22(30-19)27(14-13-26(5)6)21(28)23(3,4)29-18-10-8-17(24)9-11-18/h7-12H,13-14H2,1-6H3. The summed E-state index contributed by atoms with van der Waals surface area (Å²) >= 11 is 7.50. The Morgan fingerprint density at radius 3 is 2.40 bits per heavy atom. The molecule has 0 saturated carbocycles. The number of hydrogen-bond donors (Lipinski definition) is 0. The van der Waals surface area contributed by atoms with Gasteiger partial charge in [-0.05, 0) is 83.2 Å². The Labute approximate surface area is 187 Å². The van der Waals surface area contributed by atoms with Crippen molar-refractivity contribution in [3.8, 4) is 5.75 Å². The van der Waals surface area contributed by atoms with Crippen molar-refractivity contribution < 1.29 is 9.53 Å². The third-order valence-electron chi connectivity index (χ3n) is 5.02. The first-order chi connectivity index (χ1) is 14.1. The lowest BCUT2D eigenvalue weighted by atomic mass is 10.1. The van der Waals surface area contributed by atoms with Crippen LogP contribution in [0.3, 0.4) is 0 Å². The van der Waals surface area contributed by atoms with E-state index in [1.807, 2.05) is 14.1 Å². The quantitative estimate of drug-likeness (QED) is 0.493. The highest BCUT2D eigenvalue weighted by Gasteiger charge is 2.36. The second-order valence-electron chi connectivity index (χ2n) is 8.18. The van der Waals surface area contributed by atoms with E-state index >= 15 is 0 Å². The fourth-order valence-electron chi connectivity index (χ4n) is 3.08. The molecule has 0 unspecified atom stereocenters. The molecule has 160 valence electrons. The maximum absolute atomic E-state index is 13.6. The van der Waals surface area contributed by atoms with E-state index < -0.39 is 5.60 Å². The minimum atomic E-state index is -1.07. The Kier molecular flexibility index (Phi) is 6.70. The molecule has 7 heteroatoms. The maximum atomic E-state index is 13.6. The summed E-state index contributed by atoms with van der Waals surface area (Å²) in [4.78, 5) is 22.2. The summed E-state index contributed by atoms with van der Waals surface area (Å²) in [6, 6.07) is 11.2. The van der Waals surface area contributed by atoms with Gasteiger partial charge in [-0.15, -0.1) is 0 Å². The monoisotopic (exact) mass is 445 g/mol. The van der Waals surface area contributed by atoms with Gasteiger partial charge in [0.15, 0.2) is 10.7 Å². The number of rotatable bonds is 7. The lowest BCUT2D eigenvalue weighted by Gasteiger charge is -2.31. The van der Waals surface area contributed by atoms with Gasteiger partial charge in [0.25, 0.3) is 5.91 Å². The number of amides is 1. The van der Waals surface area contributed by atoms with Crippen LogP contribution in [0.15, 0.2) is 36.4 Å². The lowest BCUT2D eigenvalue weighted by molar-refractivity contribution is -0.131. The van der Waals surface area contributed by atoms with Crippen molar-refractivity contribution in [3.05, 3.63) is 52.5 Å². The molecule has 3 rings (SSSR count). The topological polar surface area (TPSA) is 45.7 Å². The summed E-state index contributed by atoms with van der Waals surface area (Å²) in [5.41, 5.74) is 2.22. The van der Waals surface area contributed by atoms with Gasteiger partial charge in [-0.1, -0.05) is 29.0 Å². The SMILES string of the molecule is Cc1ccc2sc(N(CCN(C)C)C(=O)C(C)(C)Oc3ccc(Cl)cc3)nc2c1C. The third-order valence-corrected chi connectivity index (χ3v) is 6.32. The summed E-state index contributed by atoms with van der Waals surface area (Å²) in [6.45, 7) is 8.96. The van der Waals surface area contributed by atoms with Crippen molar-refractivity contribution in [1.29, 1.82) is 0 Å². The van der Waals surface area contributed by atoms with E-state index in [1.54, 1.807) is 43.0 Å². The minimum Gasteiger partial charge on any atom is -0.478 e. The number of halogens is 1. The van der Waals surface area contributed by atoms with Gasteiger partial charge in [-0.2, -0.15) is 0 Å². The predicted octanol–water partition coefficient (Wildman–Crippen LogP) is 5.32. The molecule has 0 aliphatic rings. The smallest absolute Gasteiger partial charge is 0.272 e. The van der Waals surface area contributed by atoms with Gasteiger partial charge in [0.1, 0.15) is 5.75 Å². The van der Waals surface area contributed by atoms with Crippen LogP contribution in [0.1, 0.15) is 25.0 Å². The molecule has 30 heavy (non-hydrogen) atoms. The molecule has 0 radical (unpaired) electrons. The van der Waals surface area contributed by atoms with Crippen LogP contribution in [0, 0.1) is 13.8 Å². The van der Waals surface area contributed by atoms with Crippen LogP contribution in [0.4, 0.5) is 5.13 Å². The van der Waals surface area contributed by atoms with Crippen molar-refractivity contribution in [2.45, 2.75) is 33.3 Å². The lowest BCUT2D eigenvalue weighted by Crippen LogP contribution is -2.50. The number of fused-ring (bicyclic) bond motifs is 1. The second kappa shape index (κ2) is 8.92. The molecule has 0 saturated heterocycles.